The van der Waals surface area contributed by atoms with Crippen molar-refractivity contribution in [3.63, 3.8) is 0 Å². The van der Waals surface area contributed by atoms with E-state index in [1.165, 1.54) is 0 Å². The lowest BCUT2D eigenvalue weighted by Crippen LogP contribution is -2.29. The lowest BCUT2D eigenvalue weighted by molar-refractivity contribution is 0.155. The van der Waals surface area contributed by atoms with Gasteiger partial charge in [0, 0.05) is 24.9 Å². The number of ether oxygens (including phenoxy) is 1. The van der Waals surface area contributed by atoms with Crippen LogP contribution in [0, 0.1) is 11.8 Å². The van der Waals surface area contributed by atoms with Crippen LogP contribution in [0.4, 0.5) is 0 Å². The highest BCUT2D eigenvalue weighted by molar-refractivity contribution is 4.84. The van der Waals surface area contributed by atoms with Crippen LogP contribution in [0.25, 0.3) is 0 Å². The van der Waals surface area contributed by atoms with E-state index in [9.17, 15) is 0 Å². The van der Waals surface area contributed by atoms with Gasteiger partial charge in [-0.15, -0.1) is 0 Å². The molecule has 3 nitrogen and oxygen atoms in total. The fourth-order valence-electron chi connectivity index (χ4n) is 1.72. The fraction of sp³-hybridized carbons (Fsp3) is 1.00. The van der Waals surface area contributed by atoms with Crippen molar-refractivity contribution in [2.45, 2.75) is 0 Å². The third kappa shape index (κ3) is 0.852. The zero-order chi connectivity index (χ0) is 6.27. The van der Waals surface area contributed by atoms with Crippen molar-refractivity contribution in [3.8, 4) is 0 Å². The number of rotatable bonds is 0. The van der Waals surface area contributed by atoms with Gasteiger partial charge < -0.3 is 4.74 Å². The molecule has 52 valence electrons. The molecule has 0 unspecified atom stereocenters. The van der Waals surface area contributed by atoms with Gasteiger partial charge >= 0.3 is 0 Å². The highest BCUT2D eigenvalue weighted by Crippen LogP contribution is 2.26. The normalized spacial score (nSPS) is 43.7. The van der Waals surface area contributed by atoms with E-state index in [0.717, 1.165) is 38.1 Å². The van der Waals surface area contributed by atoms with E-state index in [0.29, 0.717) is 0 Å². The van der Waals surface area contributed by atoms with Crippen molar-refractivity contribution >= 4 is 0 Å². The van der Waals surface area contributed by atoms with Gasteiger partial charge in [0.05, 0.1) is 13.2 Å². The predicted molar refractivity (Wildman–Crippen MR) is 33.6 cm³/mol. The van der Waals surface area contributed by atoms with Crippen molar-refractivity contribution in [1.82, 2.24) is 5.01 Å². The number of nitrogens with zero attached hydrogens (tertiary/aromatic N) is 1. The minimum absolute atomic E-state index is 0.731. The smallest absolute Gasteiger partial charge is 0.0511 e. The summed E-state index contributed by atoms with van der Waals surface area (Å²) in [5, 5.41) is 1.90. The average molecular weight is 128 g/mol. The van der Waals surface area contributed by atoms with Gasteiger partial charge in [0.15, 0.2) is 0 Å². The Bertz CT molecular complexity index is 106. The van der Waals surface area contributed by atoms with Crippen LogP contribution in [0.15, 0.2) is 0 Å². The van der Waals surface area contributed by atoms with Crippen LogP contribution in [0.2, 0.25) is 0 Å². The van der Waals surface area contributed by atoms with Crippen LogP contribution in [-0.2, 0) is 4.74 Å². The Morgan fingerprint density at radius 2 is 1.78 bits per heavy atom. The average Bonchev–Trinajstić information content (AvgIpc) is 2.22. The number of hydrogen-bond donors (Lipinski definition) is 1. The Morgan fingerprint density at radius 1 is 1.22 bits per heavy atom. The van der Waals surface area contributed by atoms with Gasteiger partial charge in [0.2, 0.25) is 0 Å². The minimum atomic E-state index is 0.731. The highest BCUT2D eigenvalue weighted by Gasteiger charge is 2.35. The summed E-state index contributed by atoms with van der Waals surface area (Å²) in [4.78, 5) is 0. The molecule has 2 N–H and O–H groups in total. The van der Waals surface area contributed by atoms with Gasteiger partial charge in [-0.25, -0.2) is 5.01 Å². The van der Waals surface area contributed by atoms with Crippen molar-refractivity contribution < 1.29 is 4.74 Å². The standard InChI is InChI=1S/C6H12N2O/c7-8-1-5-3-9-4-6(5)2-8/h5-6H,1-4,7H2/t5-,6+. The summed E-state index contributed by atoms with van der Waals surface area (Å²) in [6.45, 7) is 3.92. The number of fused-ring (bicyclic) bond motifs is 1. The van der Waals surface area contributed by atoms with Gasteiger partial charge in [-0.05, 0) is 0 Å². The lowest BCUT2D eigenvalue weighted by Gasteiger charge is -2.07. The molecule has 2 rings (SSSR count). The quantitative estimate of drug-likeness (QED) is 0.444. The van der Waals surface area contributed by atoms with Crippen LogP contribution in [-0.4, -0.2) is 31.3 Å². The zero-order valence-electron chi connectivity index (χ0n) is 5.42. The second-order valence-corrected chi connectivity index (χ2v) is 3.01. The van der Waals surface area contributed by atoms with Crippen molar-refractivity contribution in [3.05, 3.63) is 0 Å². The second-order valence-electron chi connectivity index (χ2n) is 3.01. The summed E-state index contributed by atoms with van der Waals surface area (Å²) in [6.07, 6.45) is 0. The molecule has 0 aromatic carbocycles. The molecule has 0 spiro atoms. The minimum Gasteiger partial charge on any atom is -0.381 e. The Labute approximate surface area is 54.7 Å². The summed E-state index contributed by atoms with van der Waals surface area (Å²) in [7, 11) is 0. The maximum Gasteiger partial charge on any atom is 0.0511 e. The van der Waals surface area contributed by atoms with E-state index in [2.05, 4.69) is 0 Å². The topological polar surface area (TPSA) is 38.5 Å². The van der Waals surface area contributed by atoms with Crippen LogP contribution in [0.3, 0.4) is 0 Å². The second kappa shape index (κ2) is 1.94. The molecule has 0 amide bonds. The predicted octanol–water partition coefficient (Wildman–Crippen LogP) is -0.562. The summed E-state index contributed by atoms with van der Waals surface area (Å²) < 4.78 is 5.28. The van der Waals surface area contributed by atoms with E-state index in [-0.39, 0.29) is 0 Å². The zero-order valence-corrected chi connectivity index (χ0v) is 5.42. The van der Waals surface area contributed by atoms with Gasteiger partial charge in [-0.2, -0.15) is 0 Å². The molecule has 9 heavy (non-hydrogen) atoms. The lowest BCUT2D eigenvalue weighted by atomic mass is 10.0. The molecule has 0 aliphatic carbocycles. The first-order valence-electron chi connectivity index (χ1n) is 3.43. The molecule has 2 atom stereocenters. The third-order valence-corrected chi connectivity index (χ3v) is 2.27. The van der Waals surface area contributed by atoms with Gasteiger partial charge in [-0.3, -0.25) is 5.84 Å². The Hall–Kier alpha value is -0.120. The molecule has 0 aromatic heterocycles. The molecule has 0 radical (unpaired) electrons. The van der Waals surface area contributed by atoms with E-state index in [1.54, 1.807) is 0 Å². The molecule has 0 aromatic rings. The first-order chi connectivity index (χ1) is 4.36. The monoisotopic (exact) mass is 128 g/mol. The Kier molecular flexibility index (Phi) is 1.22. The first-order valence-corrected chi connectivity index (χ1v) is 3.43. The molecule has 0 saturated carbocycles. The SMILES string of the molecule is NN1C[C@H]2COC[C@H]2C1. The number of hydrazine groups is 1. The molecule has 2 aliphatic heterocycles. The Balaban J connectivity index is 2.02. The van der Waals surface area contributed by atoms with Crippen molar-refractivity contribution in [2.75, 3.05) is 26.3 Å². The summed E-state index contributed by atoms with van der Waals surface area (Å²) >= 11 is 0. The molecule has 0 bridgehead atoms. The maximum atomic E-state index is 5.60. The first kappa shape index (κ1) is 5.65. The van der Waals surface area contributed by atoms with Crippen LogP contribution >= 0.6 is 0 Å². The van der Waals surface area contributed by atoms with E-state index >= 15 is 0 Å². The largest absolute Gasteiger partial charge is 0.381 e. The van der Waals surface area contributed by atoms with Gasteiger partial charge in [0.1, 0.15) is 0 Å². The Morgan fingerprint density at radius 3 is 2.33 bits per heavy atom. The molecular weight excluding hydrogens is 116 g/mol. The third-order valence-electron chi connectivity index (χ3n) is 2.27. The fourth-order valence-corrected chi connectivity index (χ4v) is 1.72. The van der Waals surface area contributed by atoms with Crippen LogP contribution in [0.1, 0.15) is 0 Å². The molecule has 2 heterocycles. The van der Waals surface area contributed by atoms with Crippen molar-refractivity contribution in [2.24, 2.45) is 17.7 Å². The molecule has 3 heteroatoms. The van der Waals surface area contributed by atoms with E-state index in [1.807, 2.05) is 5.01 Å². The molecular formula is C6H12N2O. The van der Waals surface area contributed by atoms with E-state index in [4.69, 9.17) is 10.6 Å². The summed E-state index contributed by atoms with van der Waals surface area (Å²) in [6, 6.07) is 0. The van der Waals surface area contributed by atoms with E-state index < -0.39 is 0 Å². The van der Waals surface area contributed by atoms with Crippen LogP contribution in [0.5, 0.6) is 0 Å². The van der Waals surface area contributed by atoms with Crippen molar-refractivity contribution in [1.29, 1.82) is 0 Å². The molecule has 2 fully saturated rings. The summed E-state index contributed by atoms with van der Waals surface area (Å²) in [5.74, 6) is 7.07. The molecule has 2 aliphatic rings. The molecule has 2 saturated heterocycles. The van der Waals surface area contributed by atoms with Gasteiger partial charge in [-0.1, -0.05) is 0 Å². The summed E-state index contributed by atoms with van der Waals surface area (Å²) in [5.41, 5.74) is 0. The number of nitrogens with two attached hydrogens (primary N) is 1. The van der Waals surface area contributed by atoms with Gasteiger partial charge in [0.25, 0.3) is 0 Å². The van der Waals surface area contributed by atoms with Crippen LogP contribution < -0.4 is 5.84 Å². The maximum absolute atomic E-state index is 5.60. The highest BCUT2D eigenvalue weighted by atomic mass is 16.5. The number of hydrogen-bond acceptors (Lipinski definition) is 3.